The van der Waals surface area contributed by atoms with Crippen molar-refractivity contribution in [2.24, 2.45) is 0 Å². The Morgan fingerprint density at radius 2 is 1.86 bits per heavy atom. The molecule has 116 valence electrons. The van der Waals surface area contributed by atoms with Gasteiger partial charge in [0.1, 0.15) is 12.4 Å². The van der Waals surface area contributed by atoms with E-state index in [9.17, 15) is 4.79 Å². The molecule has 0 spiro atoms. The molecule has 1 N–H and O–H groups in total. The normalized spacial score (nSPS) is 10.3. The number of aryl methyl sites for hydroxylation is 2. The lowest BCUT2D eigenvalue weighted by Gasteiger charge is -2.08. The minimum absolute atomic E-state index is 0.0263. The highest BCUT2D eigenvalue weighted by molar-refractivity contribution is 8.00. The molecular formula is C18H21NO2S. The van der Waals surface area contributed by atoms with E-state index in [1.54, 1.807) is 11.8 Å². The van der Waals surface area contributed by atoms with Gasteiger partial charge in [0, 0.05) is 4.90 Å². The van der Waals surface area contributed by atoms with Crippen LogP contribution in [0.5, 0.6) is 5.75 Å². The summed E-state index contributed by atoms with van der Waals surface area (Å²) in [5.41, 5.74) is 2.39. The maximum absolute atomic E-state index is 11.8. The molecule has 22 heavy (non-hydrogen) atoms. The molecule has 0 unspecified atom stereocenters. The first-order chi connectivity index (χ1) is 10.6. The fourth-order valence-electron chi connectivity index (χ4n) is 1.90. The molecular weight excluding hydrogens is 294 g/mol. The molecule has 2 rings (SSSR count). The van der Waals surface area contributed by atoms with E-state index in [4.69, 9.17) is 4.74 Å². The highest BCUT2D eigenvalue weighted by Gasteiger charge is 2.02. The van der Waals surface area contributed by atoms with Crippen molar-refractivity contribution in [3.63, 3.8) is 0 Å². The van der Waals surface area contributed by atoms with E-state index in [0.29, 0.717) is 18.9 Å². The molecule has 0 saturated carbocycles. The van der Waals surface area contributed by atoms with Gasteiger partial charge >= 0.3 is 0 Å². The van der Waals surface area contributed by atoms with Gasteiger partial charge < -0.3 is 10.1 Å². The number of thioether (sulfide) groups is 1. The molecule has 0 bridgehead atoms. The first kappa shape index (κ1) is 16.4. The first-order valence-corrected chi connectivity index (χ1v) is 8.28. The number of ether oxygens (including phenoxy) is 1. The number of nitrogens with one attached hydrogen (secondary N) is 1. The average molecular weight is 315 g/mol. The third kappa shape index (κ3) is 5.82. The monoisotopic (exact) mass is 315 g/mol. The number of hydrogen-bond acceptors (Lipinski definition) is 3. The van der Waals surface area contributed by atoms with Crippen LogP contribution >= 0.6 is 11.8 Å². The second-order valence-electron chi connectivity index (χ2n) is 5.12. The molecule has 0 aliphatic heterocycles. The van der Waals surface area contributed by atoms with Crippen LogP contribution in [-0.2, 0) is 4.79 Å². The van der Waals surface area contributed by atoms with Crippen LogP contribution < -0.4 is 10.1 Å². The van der Waals surface area contributed by atoms with Gasteiger partial charge in [-0.25, -0.2) is 0 Å². The Morgan fingerprint density at radius 3 is 2.59 bits per heavy atom. The lowest BCUT2D eigenvalue weighted by molar-refractivity contribution is -0.118. The summed E-state index contributed by atoms with van der Waals surface area (Å²) < 4.78 is 5.59. The van der Waals surface area contributed by atoms with E-state index < -0.39 is 0 Å². The van der Waals surface area contributed by atoms with Gasteiger partial charge in [0.05, 0.1) is 12.3 Å². The second-order valence-corrected chi connectivity index (χ2v) is 6.17. The van der Waals surface area contributed by atoms with Crippen LogP contribution in [-0.4, -0.2) is 24.8 Å². The largest absolute Gasteiger partial charge is 0.492 e. The molecule has 0 aliphatic rings. The Morgan fingerprint density at radius 1 is 1.09 bits per heavy atom. The van der Waals surface area contributed by atoms with Crippen LogP contribution in [0.15, 0.2) is 53.4 Å². The molecule has 0 atom stereocenters. The van der Waals surface area contributed by atoms with Gasteiger partial charge in [-0.3, -0.25) is 4.79 Å². The van der Waals surface area contributed by atoms with Crippen molar-refractivity contribution in [3.05, 3.63) is 59.7 Å². The summed E-state index contributed by atoms with van der Waals surface area (Å²) in [5.74, 6) is 1.29. The predicted molar refractivity (Wildman–Crippen MR) is 91.6 cm³/mol. The molecule has 0 radical (unpaired) electrons. The van der Waals surface area contributed by atoms with E-state index in [0.717, 1.165) is 16.2 Å². The average Bonchev–Trinajstić information content (AvgIpc) is 2.51. The van der Waals surface area contributed by atoms with Crippen molar-refractivity contribution in [2.75, 3.05) is 18.9 Å². The lowest BCUT2D eigenvalue weighted by Crippen LogP contribution is -2.29. The third-order valence-electron chi connectivity index (χ3n) is 3.07. The number of hydrogen-bond donors (Lipinski definition) is 1. The van der Waals surface area contributed by atoms with Crippen LogP contribution in [0.3, 0.4) is 0 Å². The molecule has 0 fully saturated rings. The van der Waals surface area contributed by atoms with Crippen molar-refractivity contribution in [1.82, 2.24) is 5.32 Å². The number of amides is 1. The SMILES string of the molecule is Cc1ccc(SCC(=O)NCCOc2cccc(C)c2)cc1. The summed E-state index contributed by atoms with van der Waals surface area (Å²) >= 11 is 1.54. The summed E-state index contributed by atoms with van der Waals surface area (Å²) in [7, 11) is 0. The number of carbonyl (C=O) groups is 1. The van der Waals surface area contributed by atoms with E-state index in [2.05, 4.69) is 24.4 Å². The quantitative estimate of drug-likeness (QED) is 0.627. The summed E-state index contributed by atoms with van der Waals surface area (Å²) in [6.07, 6.45) is 0. The minimum Gasteiger partial charge on any atom is -0.492 e. The van der Waals surface area contributed by atoms with Gasteiger partial charge in [0.2, 0.25) is 5.91 Å². The Labute approximate surface area is 136 Å². The van der Waals surface area contributed by atoms with Crippen molar-refractivity contribution in [1.29, 1.82) is 0 Å². The predicted octanol–water partition coefficient (Wildman–Crippen LogP) is 3.59. The number of benzene rings is 2. The molecule has 0 saturated heterocycles. The topological polar surface area (TPSA) is 38.3 Å². The Balaban J connectivity index is 1.62. The van der Waals surface area contributed by atoms with Gasteiger partial charge in [0.25, 0.3) is 0 Å². The summed E-state index contributed by atoms with van der Waals surface area (Å²) in [5, 5.41) is 2.86. The van der Waals surface area contributed by atoms with Crippen molar-refractivity contribution in [3.8, 4) is 5.75 Å². The van der Waals surface area contributed by atoms with E-state index in [1.807, 2.05) is 43.3 Å². The smallest absolute Gasteiger partial charge is 0.230 e. The zero-order valence-corrected chi connectivity index (χ0v) is 13.8. The maximum Gasteiger partial charge on any atom is 0.230 e. The molecule has 2 aromatic rings. The van der Waals surface area contributed by atoms with Crippen LogP contribution in [0.4, 0.5) is 0 Å². The fraction of sp³-hybridized carbons (Fsp3) is 0.278. The standard InChI is InChI=1S/C18H21NO2S/c1-14-6-8-17(9-7-14)22-13-18(20)19-10-11-21-16-5-3-4-15(2)12-16/h3-9,12H,10-11,13H2,1-2H3,(H,19,20). The zero-order valence-electron chi connectivity index (χ0n) is 13.0. The van der Waals surface area contributed by atoms with Gasteiger partial charge in [-0.15, -0.1) is 11.8 Å². The summed E-state index contributed by atoms with van der Waals surface area (Å²) in [4.78, 5) is 12.9. The number of carbonyl (C=O) groups excluding carboxylic acids is 1. The zero-order chi connectivity index (χ0) is 15.8. The highest BCUT2D eigenvalue weighted by Crippen LogP contribution is 2.17. The highest BCUT2D eigenvalue weighted by atomic mass is 32.2. The van der Waals surface area contributed by atoms with Crippen LogP contribution in [0, 0.1) is 13.8 Å². The number of rotatable bonds is 7. The van der Waals surface area contributed by atoms with E-state index >= 15 is 0 Å². The van der Waals surface area contributed by atoms with Gasteiger partial charge in [-0.1, -0.05) is 29.8 Å². The molecule has 2 aromatic carbocycles. The van der Waals surface area contributed by atoms with E-state index in [1.165, 1.54) is 5.56 Å². The molecule has 0 heterocycles. The molecule has 0 aromatic heterocycles. The Bertz CT molecular complexity index is 611. The third-order valence-corrected chi connectivity index (χ3v) is 4.09. The van der Waals surface area contributed by atoms with Crippen LogP contribution in [0.25, 0.3) is 0 Å². The van der Waals surface area contributed by atoms with Crippen LogP contribution in [0.2, 0.25) is 0 Å². The second kappa shape index (κ2) is 8.49. The minimum atomic E-state index is 0.0263. The van der Waals surface area contributed by atoms with Crippen molar-refractivity contribution >= 4 is 17.7 Å². The van der Waals surface area contributed by atoms with E-state index in [-0.39, 0.29) is 5.91 Å². The maximum atomic E-state index is 11.8. The lowest BCUT2D eigenvalue weighted by atomic mass is 10.2. The molecule has 3 nitrogen and oxygen atoms in total. The summed E-state index contributed by atoms with van der Waals surface area (Å²) in [6.45, 7) is 5.07. The first-order valence-electron chi connectivity index (χ1n) is 7.29. The summed E-state index contributed by atoms with van der Waals surface area (Å²) in [6, 6.07) is 16.1. The van der Waals surface area contributed by atoms with Crippen molar-refractivity contribution < 1.29 is 9.53 Å². The van der Waals surface area contributed by atoms with Crippen LogP contribution in [0.1, 0.15) is 11.1 Å². The fourth-order valence-corrected chi connectivity index (χ4v) is 2.63. The molecule has 1 amide bonds. The van der Waals surface area contributed by atoms with Gasteiger partial charge in [0.15, 0.2) is 0 Å². The van der Waals surface area contributed by atoms with Gasteiger partial charge in [-0.05, 0) is 43.7 Å². The Hall–Kier alpha value is -1.94. The molecule has 0 aliphatic carbocycles. The Kier molecular flexibility index (Phi) is 6.34. The van der Waals surface area contributed by atoms with Gasteiger partial charge in [-0.2, -0.15) is 0 Å². The molecule has 4 heteroatoms. The van der Waals surface area contributed by atoms with Crippen molar-refractivity contribution in [2.45, 2.75) is 18.7 Å².